The van der Waals surface area contributed by atoms with E-state index >= 15 is 0 Å². The predicted molar refractivity (Wildman–Crippen MR) is 71.3 cm³/mol. The molecule has 0 aliphatic rings. The van der Waals surface area contributed by atoms with E-state index < -0.39 is 4.92 Å². The first kappa shape index (κ1) is 13.3. The van der Waals surface area contributed by atoms with Gasteiger partial charge in [-0.15, -0.1) is 0 Å². The van der Waals surface area contributed by atoms with Crippen LogP contribution in [0, 0.1) is 10.1 Å². The molecule has 19 heavy (non-hydrogen) atoms. The number of non-ortho nitro benzene ring substituents is 1. The van der Waals surface area contributed by atoms with Gasteiger partial charge in [0.2, 0.25) is 0 Å². The van der Waals surface area contributed by atoms with Gasteiger partial charge in [0.1, 0.15) is 12.2 Å². The number of hydrogen-bond acceptors (Lipinski definition) is 5. The first-order chi connectivity index (χ1) is 9.16. The highest BCUT2D eigenvalue weighted by Crippen LogP contribution is 2.26. The highest BCUT2D eigenvalue weighted by Gasteiger charge is 2.08. The average Bonchev–Trinajstić information content (AvgIpc) is 2.89. The van der Waals surface area contributed by atoms with Crippen LogP contribution in [0.1, 0.15) is 12.2 Å². The summed E-state index contributed by atoms with van der Waals surface area (Å²) in [5.74, 6) is 0.830. The minimum atomic E-state index is -0.473. The maximum atomic E-state index is 10.6. The zero-order chi connectivity index (χ0) is 13.7. The van der Waals surface area contributed by atoms with Gasteiger partial charge in [0.05, 0.1) is 15.6 Å². The summed E-state index contributed by atoms with van der Waals surface area (Å²) in [6, 6.07) is 4.36. The molecule has 0 amide bonds. The lowest BCUT2D eigenvalue weighted by Crippen LogP contribution is -2.04. The number of nitrogens with one attached hydrogen (secondary N) is 2. The monoisotopic (exact) mass is 281 g/mol. The van der Waals surface area contributed by atoms with Crippen LogP contribution >= 0.6 is 11.6 Å². The number of hydrogen-bond donors (Lipinski definition) is 2. The zero-order valence-corrected chi connectivity index (χ0v) is 10.7. The van der Waals surface area contributed by atoms with Crippen molar-refractivity contribution in [2.45, 2.75) is 12.8 Å². The highest BCUT2D eigenvalue weighted by molar-refractivity contribution is 6.33. The first-order valence-corrected chi connectivity index (χ1v) is 6.06. The van der Waals surface area contributed by atoms with E-state index in [4.69, 9.17) is 11.6 Å². The van der Waals surface area contributed by atoms with Crippen LogP contribution in [0.25, 0.3) is 0 Å². The summed E-state index contributed by atoms with van der Waals surface area (Å²) in [6.07, 6.45) is 3.09. The van der Waals surface area contributed by atoms with E-state index in [0.29, 0.717) is 17.3 Å². The summed E-state index contributed by atoms with van der Waals surface area (Å²) in [7, 11) is 0. The predicted octanol–water partition coefficient (Wildman–Crippen LogP) is 2.41. The Morgan fingerprint density at radius 3 is 2.95 bits per heavy atom. The van der Waals surface area contributed by atoms with Crippen molar-refractivity contribution in [1.82, 2.24) is 15.2 Å². The third-order valence-electron chi connectivity index (χ3n) is 2.53. The largest absolute Gasteiger partial charge is 0.384 e. The van der Waals surface area contributed by atoms with Crippen molar-refractivity contribution in [2.24, 2.45) is 0 Å². The fourth-order valence-electron chi connectivity index (χ4n) is 1.59. The molecule has 1 aromatic heterocycles. The maximum Gasteiger partial charge on any atom is 0.271 e. The van der Waals surface area contributed by atoms with Crippen molar-refractivity contribution in [1.29, 1.82) is 0 Å². The Kier molecular flexibility index (Phi) is 4.30. The van der Waals surface area contributed by atoms with Crippen LogP contribution in [-0.4, -0.2) is 26.6 Å². The molecule has 7 nitrogen and oxygen atoms in total. The van der Waals surface area contributed by atoms with E-state index in [1.54, 1.807) is 6.07 Å². The number of nitro groups is 1. The van der Waals surface area contributed by atoms with E-state index in [1.165, 1.54) is 18.5 Å². The molecule has 0 aliphatic carbocycles. The fourth-order valence-corrected chi connectivity index (χ4v) is 1.83. The number of H-pyrrole nitrogens is 1. The summed E-state index contributed by atoms with van der Waals surface area (Å²) < 4.78 is 0. The van der Waals surface area contributed by atoms with Gasteiger partial charge in [-0.25, -0.2) is 4.98 Å². The lowest BCUT2D eigenvalue weighted by atomic mass is 10.2. The van der Waals surface area contributed by atoms with Gasteiger partial charge in [-0.1, -0.05) is 11.6 Å². The summed E-state index contributed by atoms with van der Waals surface area (Å²) >= 11 is 5.96. The van der Waals surface area contributed by atoms with Crippen molar-refractivity contribution < 1.29 is 4.92 Å². The normalized spacial score (nSPS) is 10.4. The minimum absolute atomic E-state index is 0.0165. The van der Waals surface area contributed by atoms with Crippen LogP contribution in [0.15, 0.2) is 24.5 Å². The number of aromatic amines is 1. The number of aryl methyl sites for hydroxylation is 1. The van der Waals surface area contributed by atoms with Crippen molar-refractivity contribution in [3.05, 3.63) is 45.5 Å². The van der Waals surface area contributed by atoms with Gasteiger partial charge in [0.15, 0.2) is 0 Å². The molecule has 0 atom stereocenters. The number of benzene rings is 1. The smallest absolute Gasteiger partial charge is 0.271 e. The number of rotatable bonds is 6. The number of aromatic nitrogens is 3. The molecule has 0 spiro atoms. The van der Waals surface area contributed by atoms with Crippen molar-refractivity contribution in [3.63, 3.8) is 0 Å². The summed E-state index contributed by atoms with van der Waals surface area (Å²) in [5, 5.41) is 20.6. The molecule has 0 bridgehead atoms. The van der Waals surface area contributed by atoms with E-state index in [1.807, 2.05) is 0 Å². The van der Waals surface area contributed by atoms with Gasteiger partial charge >= 0.3 is 0 Å². The molecule has 0 unspecified atom stereocenters. The first-order valence-electron chi connectivity index (χ1n) is 5.69. The van der Waals surface area contributed by atoms with Gasteiger partial charge < -0.3 is 5.32 Å². The Morgan fingerprint density at radius 1 is 1.47 bits per heavy atom. The van der Waals surface area contributed by atoms with E-state index in [0.717, 1.165) is 18.7 Å². The van der Waals surface area contributed by atoms with Gasteiger partial charge in [0.25, 0.3) is 5.69 Å². The van der Waals surface area contributed by atoms with Crippen LogP contribution in [0.2, 0.25) is 5.02 Å². The van der Waals surface area contributed by atoms with Crippen LogP contribution < -0.4 is 5.32 Å². The third kappa shape index (κ3) is 3.65. The van der Waals surface area contributed by atoms with Crippen molar-refractivity contribution in [2.75, 3.05) is 11.9 Å². The fraction of sp³-hybridized carbons (Fsp3) is 0.273. The van der Waals surface area contributed by atoms with Crippen molar-refractivity contribution >= 4 is 23.0 Å². The summed E-state index contributed by atoms with van der Waals surface area (Å²) in [6.45, 7) is 0.693. The quantitative estimate of drug-likeness (QED) is 0.481. The molecule has 100 valence electrons. The van der Waals surface area contributed by atoms with E-state index in [2.05, 4.69) is 20.5 Å². The molecule has 1 aromatic carbocycles. The SMILES string of the molecule is O=[N+]([O-])c1ccc(NCCCc2ncn[nH]2)c(Cl)c1. The molecule has 1 heterocycles. The Balaban J connectivity index is 1.84. The van der Waals surface area contributed by atoms with Gasteiger partial charge in [-0.3, -0.25) is 15.2 Å². The maximum absolute atomic E-state index is 10.6. The second-order valence-electron chi connectivity index (χ2n) is 3.88. The molecule has 2 aromatic rings. The van der Waals surface area contributed by atoms with E-state index in [-0.39, 0.29) is 5.69 Å². The lowest BCUT2D eigenvalue weighted by Gasteiger charge is -2.07. The summed E-state index contributed by atoms with van der Waals surface area (Å²) in [5.41, 5.74) is 0.669. The third-order valence-corrected chi connectivity index (χ3v) is 2.85. The number of anilines is 1. The molecule has 0 saturated carbocycles. The topological polar surface area (TPSA) is 96.7 Å². The second-order valence-corrected chi connectivity index (χ2v) is 4.29. The highest BCUT2D eigenvalue weighted by atomic mass is 35.5. The van der Waals surface area contributed by atoms with Crippen LogP contribution in [0.5, 0.6) is 0 Å². The molecule has 2 rings (SSSR count). The molecule has 2 N–H and O–H groups in total. The lowest BCUT2D eigenvalue weighted by molar-refractivity contribution is -0.384. The molecule has 0 saturated heterocycles. The zero-order valence-electron chi connectivity index (χ0n) is 9.97. The van der Waals surface area contributed by atoms with Crippen LogP contribution in [-0.2, 0) is 6.42 Å². The van der Waals surface area contributed by atoms with E-state index in [9.17, 15) is 10.1 Å². The molecular formula is C11H12ClN5O2. The standard InChI is InChI=1S/C11H12ClN5O2/c12-9-6-8(17(18)19)3-4-10(9)13-5-1-2-11-14-7-15-16-11/h3-4,6-7,13H,1-2,5H2,(H,14,15,16). The molecule has 0 aliphatic heterocycles. The van der Waals surface area contributed by atoms with Crippen LogP contribution in [0.4, 0.5) is 11.4 Å². The number of nitrogens with zero attached hydrogens (tertiary/aromatic N) is 3. The van der Waals surface area contributed by atoms with Crippen LogP contribution in [0.3, 0.4) is 0 Å². The Bertz CT molecular complexity index is 558. The number of halogens is 1. The Hall–Kier alpha value is -2.15. The second kappa shape index (κ2) is 6.14. The Morgan fingerprint density at radius 2 is 2.32 bits per heavy atom. The van der Waals surface area contributed by atoms with Crippen molar-refractivity contribution in [3.8, 4) is 0 Å². The molecule has 0 radical (unpaired) electrons. The molecule has 8 heteroatoms. The van der Waals surface area contributed by atoms with Gasteiger partial charge in [-0.2, -0.15) is 5.10 Å². The van der Waals surface area contributed by atoms with Gasteiger partial charge in [-0.05, 0) is 12.5 Å². The summed E-state index contributed by atoms with van der Waals surface area (Å²) in [4.78, 5) is 14.1. The molecular weight excluding hydrogens is 270 g/mol. The minimum Gasteiger partial charge on any atom is -0.384 e. The Labute approximate surface area is 114 Å². The average molecular weight is 282 g/mol. The van der Waals surface area contributed by atoms with Gasteiger partial charge in [0, 0.05) is 25.1 Å². The molecule has 0 fully saturated rings. The number of nitro benzene ring substituents is 1.